The van der Waals surface area contributed by atoms with Gasteiger partial charge in [-0.15, -0.1) is 4.83 Å². The molecule has 1 aliphatic carbocycles. The van der Waals surface area contributed by atoms with E-state index in [0.717, 1.165) is 18.9 Å². The van der Waals surface area contributed by atoms with Crippen LogP contribution in [-0.2, 0) is 14.8 Å². The van der Waals surface area contributed by atoms with E-state index >= 15 is 0 Å². The lowest BCUT2D eigenvalue weighted by atomic mass is 10.2. The van der Waals surface area contributed by atoms with Gasteiger partial charge < -0.3 is 0 Å². The first-order valence-electron chi connectivity index (χ1n) is 5.88. The molecule has 1 fully saturated rings. The molecule has 1 aromatic carbocycles. The van der Waals surface area contributed by atoms with Crippen molar-refractivity contribution in [1.82, 2.24) is 10.3 Å². The molecule has 1 aromatic rings. The molecule has 0 heterocycles. The number of hydrogen-bond acceptors (Lipinski definition) is 5. The van der Waals surface area contributed by atoms with E-state index in [1.807, 2.05) is 4.83 Å². The normalized spacial score (nSPS) is 14.8. The van der Waals surface area contributed by atoms with E-state index in [1.54, 1.807) is 0 Å². The van der Waals surface area contributed by atoms with E-state index in [-0.39, 0.29) is 16.5 Å². The number of nitrogens with one attached hydrogen (secondary N) is 2. The number of amides is 1. The Hall–Kier alpha value is -2.00. The molecule has 8 nitrogen and oxygen atoms in total. The molecule has 0 spiro atoms. The zero-order valence-electron chi connectivity index (χ0n) is 10.6. The Labute approximate surface area is 115 Å². The Morgan fingerprint density at radius 3 is 2.60 bits per heavy atom. The van der Waals surface area contributed by atoms with Crippen LogP contribution in [0.15, 0.2) is 23.1 Å². The standard InChI is InChI=1S/C11H13N3O5S/c1-7-2-5-9(6-10(7)14(16)17)20(18,19)13-12-11(15)8-3-4-8/h2,5-6,8,13H,3-4H2,1H3,(H,12,15). The van der Waals surface area contributed by atoms with Crippen LogP contribution < -0.4 is 10.3 Å². The summed E-state index contributed by atoms with van der Waals surface area (Å²) in [7, 11) is -4.02. The second kappa shape index (κ2) is 5.17. The molecule has 2 rings (SSSR count). The topological polar surface area (TPSA) is 118 Å². The maximum atomic E-state index is 11.9. The minimum Gasteiger partial charge on any atom is -0.277 e. The summed E-state index contributed by atoms with van der Waals surface area (Å²) in [4.78, 5) is 23.2. The zero-order chi connectivity index (χ0) is 14.9. The van der Waals surface area contributed by atoms with Gasteiger partial charge in [0.05, 0.1) is 9.82 Å². The van der Waals surface area contributed by atoms with E-state index in [9.17, 15) is 23.3 Å². The Morgan fingerprint density at radius 1 is 1.40 bits per heavy atom. The van der Waals surface area contributed by atoms with Gasteiger partial charge in [-0.2, -0.15) is 0 Å². The summed E-state index contributed by atoms with van der Waals surface area (Å²) < 4.78 is 23.8. The third-order valence-electron chi connectivity index (χ3n) is 2.94. The monoisotopic (exact) mass is 299 g/mol. The average Bonchev–Trinajstić information content (AvgIpc) is 3.20. The number of nitrogens with zero attached hydrogens (tertiary/aromatic N) is 1. The molecule has 1 amide bonds. The van der Waals surface area contributed by atoms with Crippen LogP contribution in [0.1, 0.15) is 18.4 Å². The first-order valence-corrected chi connectivity index (χ1v) is 7.36. The molecule has 0 saturated heterocycles. The fourth-order valence-corrected chi connectivity index (χ4v) is 2.44. The van der Waals surface area contributed by atoms with Gasteiger partial charge in [-0.3, -0.25) is 20.3 Å². The second-order valence-corrected chi connectivity index (χ2v) is 6.26. The Kier molecular flexibility index (Phi) is 3.73. The molecule has 20 heavy (non-hydrogen) atoms. The molecule has 0 aromatic heterocycles. The fraction of sp³-hybridized carbons (Fsp3) is 0.364. The van der Waals surface area contributed by atoms with Crippen molar-refractivity contribution in [3.8, 4) is 0 Å². The lowest BCUT2D eigenvalue weighted by molar-refractivity contribution is -0.385. The number of sulfonamides is 1. The number of nitro benzene ring substituents is 1. The first kappa shape index (κ1) is 14.4. The summed E-state index contributed by atoms with van der Waals surface area (Å²) in [6, 6.07) is 3.55. The van der Waals surface area contributed by atoms with Crippen molar-refractivity contribution in [2.75, 3.05) is 0 Å². The summed E-state index contributed by atoms with van der Waals surface area (Å²) in [5.41, 5.74) is 2.17. The number of nitro groups is 1. The van der Waals surface area contributed by atoms with Crippen LogP contribution in [0.4, 0.5) is 5.69 Å². The highest BCUT2D eigenvalue weighted by atomic mass is 32.2. The number of benzene rings is 1. The molecule has 0 radical (unpaired) electrons. The van der Waals surface area contributed by atoms with Crippen molar-refractivity contribution in [2.24, 2.45) is 5.92 Å². The maximum Gasteiger partial charge on any atom is 0.273 e. The van der Waals surface area contributed by atoms with Crippen molar-refractivity contribution in [3.05, 3.63) is 33.9 Å². The SMILES string of the molecule is Cc1ccc(S(=O)(=O)NNC(=O)C2CC2)cc1[N+](=O)[O-]. The van der Waals surface area contributed by atoms with E-state index in [4.69, 9.17) is 0 Å². The maximum absolute atomic E-state index is 11.9. The summed E-state index contributed by atoms with van der Waals surface area (Å²) in [6.07, 6.45) is 1.48. The molecule has 1 aliphatic rings. The summed E-state index contributed by atoms with van der Waals surface area (Å²) in [5.74, 6) is -0.541. The van der Waals surface area contributed by atoms with Crippen molar-refractivity contribution in [1.29, 1.82) is 0 Å². The first-order chi connectivity index (χ1) is 9.31. The van der Waals surface area contributed by atoms with E-state index in [1.165, 1.54) is 19.1 Å². The number of hydrogen-bond donors (Lipinski definition) is 2. The third-order valence-corrected chi connectivity index (χ3v) is 4.19. The fourth-order valence-electron chi connectivity index (χ4n) is 1.58. The van der Waals surface area contributed by atoms with Gasteiger partial charge in [-0.05, 0) is 25.8 Å². The lowest BCUT2D eigenvalue weighted by Crippen LogP contribution is -2.42. The number of hydrazine groups is 1. The quantitative estimate of drug-likeness (QED) is 0.610. The molecular formula is C11H13N3O5S. The molecule has 108 valence electrons. The van der Waals surface area contributed by atoms with Crippen molar-refractivity contribution in [2.45, 2.75) is 24.7 Å². The highest BCUT2D eigenvalue weighted by Crippen LogP contribution is 2.28. The van der Waals surface area contributed by atoms with Crippen LogP contribution in [0.3, 0.4) is 0 Å². The highest BCUT2D eigenvalue weighted by Gasteiger charge is 2.30. The Morgan fingerprint density at radius 2 is 2.05 bits per heavy atom. The molecular weight excluding hydrogens is 286 g/mol. The number of carbonyl (C=O) groups is 1. The largest absolute Gasteiger partial charge is 0.277 e. The summed E-state index contributed by atoms with van der Waals surface area (Å²) in [5, 5.41) is 10.8. The van der Waals surface area contributed by atoms with Gasteiger partial charge >= 0.3 is 0 Å². The Bertz CT molecular complexity index is 667. The van der Waals surface area contributed by atoms with Gasteiger partial charge in [0.25, 0.3) is 15.7 Å². The number of carbonyl (C=O) groups excluding carboxylic acids is 1. The van der Waals surface area contributed by atoms with Gasteiger partial charge in [0.15, 0.2) is 0 Å². The van der Waals surface area contributed by atoms with Gasteiger partial charge in [-0.25, -0.2) is 8.42 Å². The average molecular weight is 299 g/mol. The summed E-state index contributed by atoms with van der Waals surface area (Å²) >= 11 is 0. The van der Waals surface area contributed by atoms with Gasteiger partial charge in [-0.1, -0.05) is 6.07 Å². The van der Waals surface area contributed by atoms with Gasteiger partial charge in [0.1, 0.15) is 0 Å². The third kappa shape index (κ3) is 3.11. The van der Waals surface area contributed by atoms with Crippen molar-refractivity contribution in [3.63, 3.8) is 0 Å². The van der Waals surface area contributed by atoms with Crippen molar-refractivity contribution >= 4 is 21.6 Å². The van der Waals surface area contributed by atoms with Crippen LogP contribution in [0.2, 0.25) is 0 Å². The van der Waals surface area contributed by atoms with Crippen LogP contribution in [0, 0.1) is 23.0 Å². The van der Waals surface area contributed by atoms with Crippen LogP contribution >= 0.6 is 0 Å². The predicted molar refractivity (Wildman–Crippen MR) is 69.0 cm³/mol. The predicted octanol–water partition coefficient (Wildman–Crippen LogP) is 0.623. The van der Waals surface area contributed by atoms with Crippen molar-refractivity contribution < 1.29 is 18.1 Å². The van der Waals surface area contributed by atoms with Gasteiger partial charge in [0.2, 0.25) is 5.91 Å². The van der Waals surface area contributed by atoms with E-state index in [2.05, 4.69) is 5.43 Å². The highest BCUT2D eigenvalue weighted by molar-refractivity contribution is 7.89. The lowest BCUT2D eigenvalue weighted by Gasteiger charge is -2.08. The molecule has 2 N–H and O–H groups in total. The zero-order valence-corrected chi connectivity index (χ0v) is 11.4. The van der Waals surface area contributed by atoms with Crippen LogP contribution in [-0.4, -0.2) is 19.2 Å². The minimum absolute atomic E-state index is 0.148. The van der Waals surface area contributed by atoms with Crippen LogP contribution in [0.5, 0.6) is 0 Å². The molecule has 9 heteroatoms. The molecule has 0 aliphatic heterocycles. The number of rotatable bonds is 5. The summed E-state index contributed by atoms with van der Waals surface area (Å²) in [6.45, 7) is 1.51. The smallest absolute Gasteiger partial charge is 0.273 e. The second-order valence-electron chi connectivity index (χ2n) is 4.57. The van der Waals surface area contributed by atoms with E-state index < -0.39 is 20.9 Å². The molecule has 0 unspecified atom stereocenters. The van der Waals surface area contributed by atoms with Crippen LogP contribution in [0.25, 0.3) is 0 Å². The molecule has 0 atom stereocenters. The van der Waals surface area contributed by atoms with E-state index in [0.29, 0.717) is 5.56 Å². The molecule has 1 saturated carbocycles. The minimum atomic E-state index is -4.02. The number of aryl methyl sites for hydroxylation is 1. The van der Waals surface area contributed by atoms with Gasteiger partial charge in [0, 0.05) is 17.5 Å². The molecule has 0 bridgehead atoms. The Balaban J connectivity index is 2.18.